The third kappa shape index (κ3) is 8.27. The minimum Gasteiger partial charge on any atom is -0.494 e. The fourth-order valence-corrected chi connectivity index (χ4v) is 4.41. The number of non-ortho nitro benzene ring substituents is 1. The summed E-state index contributed by atoms with van der Waals surface area (Å²) in [6, 6.07) is 11.2. The molecule has 0 unspecified atom stereocenters. The molecule has 0 spiro atoms. The Bertz CT molecular complexity index is 1300. The molecule has 1 aromatic heterocycles. The molecule has 1 aliphatic heterocycles. The molecule has 0 atom stereocenters. The van der Waals surface area contributed by atoms with Gasteiger partial charge in [-0.3, -0.25) is 25.3 Å². The molecule has 2 aromatic carbocycles. The summed E-state index contributed by atoms with van der Waals surface area (Å²) >= 11 is 0. The number of likely N-dealkylation sites (tertiary alicyclic amines) is 1. The highest BCUT2D eigenvalue weighted by Crippen LogP contribution is 2.28. The van der Waals surface area contributed by atoms with Crippen LogP contribution in [0.25, 0.3) is 11.0 Å². The van der Waals surface area contributed by atoms with Crippen LogP contribution in [0, 0.1) is 21.6 Å². The van der Waals surface area contributed by atoms with Crippen molar-refractivity contribution >= 4 is 28.4 Å². The normalized spacial score (nSPS) is 14.1. The van der Waals surface area contributed by atoms with Gasteiger partial charge in [-0.2, -0.15) is 5.26 Å². The van der Waals surface area contributed by atoms with Crippen molar-refractivity contribution < 1.29 is 14.3 Å². The lowest BCUT2D eigenvalue weighted by Crippen LogP contribution is -2.36. The van der Waals surface area contributed by atoms with E-state index >= 15 is 0 Å². The van der Waals surface area contributed by atoms with Crippen molar-refractivity contribution in [2.75, 3.05) is 44.6 Å². The van der Waals surface area contributed by atoms with Crippen LogP contribution < -0.4 is 20.7 Å². The molecule has 13 heteroatoms. The molecule has 3 aromatic rings. The SMILES string of the molecule is N#CNC(=NCCCOc1cccc(CN2CCCCC2)c1)NCCCNc1ccc([N+](=O)[O-])c2nonc12. The summed E-state index contributed by atoms with van der Waals surface area (Å²) in [5, 5.41) is 36.4. The van der Waals surface area contributed by atoms with Crippen LogP contribution in [0.4, 0.5) is 11.4 Å². The summed E-state index contributed by atoms with van der Waals surface area (Å²) in [6.07, 6.45) is 7.17. The lowest BCUT2D eigenvalue weighted by molar-refractivity contribution is -0.383. The maximum Gasteiger partial charge on any atom is 0.300 e. The van der Waals surface area contributed by atoms with Crippen LogP contribution >= 0.6 is 0 Å². The molecule has 0 aliphatic carbocycles. The maximum absolute atomic E-state index is 11.1. The Morgan fingerprint density at radius 3 is 2.82 bits per heavy atom. The zero-order valence-electron chi connectivity index (χ0n) is 21.8. The largest absolute Gasteiger partial charge is 0.494 e. The van der Waals surface area contributed by atoms with Gasteiger partial charge < -0.3 is 15.4 Å². The van der Waals surface area contributed by atoms with Gasteiger partial charge in [-0.25, -0.2) is 4.63 Å². The number of anilines is 1. The second kappa shape index (κ2) is 14.5. The van der Waals surface area contributed by atoms with Gasteiger partial charge in [0.2, 0.25) is 11.5 Å². The Hall–Kier alpha value is -4.44. The monoisotopic (exact) mass is 535 g/mol. The lowest BCUT2D eigenvalue weighted by Gasteiger charge is -2.26. The molecule has 4 rings (SSSR count). The third-order valence-electron chi connectivity index (χ3n) is 6.32. The standard InChI is InChI=1S/C26H33N9O4/c27-19-31-26(29-12-5-11-28-22-9-10-23(35(36)37)25-24(22)32-39-33-25)30-13-6-16-38-21-8-4-7-20(17-21)18-34-14-2-1-3-15-34/h4,7-10,17,28H,1-3,5-6,11-16,18H2,(H2,29,30,31). The number of rotatable bonds is 13. The van der Waals surface area contributed by atoms with Gasteiger partial charge in [0.15, 0.2) is 11.7 Å². The Morgan fingerprint density at radius 2 is 2.00 bits per heavy atom. The van der Waals surface area contributed by atoms with Crippen molar-refractivity contribution in [2.24, 2.45) is 4.99 Å². The number of nitrogens with zero attached hydrogens (tertiary/aromatic N) is 6. The van der Waals surface area contributed by atoms with E-state index in [0.717, 1.165) is 25.4 Å². The number of ether oxygens (including phenoxy) is 1. The van der Waals surface area contributed by atoms with Gasteiger partial charge in [-0.15, -0.1) is 0 Å². The van der Waals surface area contributed by atoms with E-state index in [1.165, 1.54) is 30.9 Å². The summed E-state index contributed by atoms with van der Waals surface area (Å²) in [6.45, 7) is 5.42. The Labute approximate surface area is 226 Å². The number of aromatic nitrogens is 2. The van der Waals surface area contributed by atoms with E-state index in [2.05, 4.69) is 52.9 Å². The fraction of sp³-hybridized carbons (Fsp3) is 0.462. The molecule has 2 heterocycles. The molecule has 1 aliphatic rings. The van der Waals surface area contributed by atoms with Gasteiger partial charge >= 0.3 is 5.69 Å². The van der Waals surface area contributed by atoms with Crippen molar-refractivity contribution in [1.82, 2.24) is 25.8 Å². The van der Waals surface area contributed by atoms with E-state index in [9.17, 15) is 10.1 Å². The maximum atomic E-state index is 11.1. The molecule has 13 nitrogen and oxygen atoms in total. The first-order chi connectivity index (χ1) is 19.1. The van der Waals surface area contributed by atoms with Crippen LogP contribution in [0.1, 0.15) is 37.7 Å². The minimum absolute atomic E-state index is 0.102. The second-order valence-corrected chi connectivity index (χ2v) is 9.21. The van der Waals surface area contributed by atoms with E-state index in [1.54, 1.807) is 6.07 Å². The number of hydrogen-bond acceptors (Lipinski definition) is 10. The first-order valence-corrected chi connectivity index (χ1v) is 13.1. The number of hydrogen-bond donors (Lipinski definition) is 3. The summed E-state index contributed by atoms with van der Waals surface area (Å²) in [5.74, 6) is 1.26. The summed E-state index contributed by atoms with van der Waals surface area (Å²) in [7, 11) is 0. The number of fused-ring (bicyclic) bond motifs is 1. The molecule has 0 radical (unpaired) electrons. The quantitative estimate of drug-likeness (QED) is 0.0558. The van der Waals surface area contributed by atoms with Crippen LogP contribution in [0.5, 0.6) is 5.75 Å². The average Bonchev–Trinajstić information content (AvgIpc) is 3.43. The predicted octanol–water partition coefficient (Wildman–Crippen LogP) is 3.40. The molecule has 0 saturated carbocycles. The highest BCUT2D eigenvalue weighted by atomic mass is 16.6. The second-order valence-electron chi connectivity index (χ2n) is 9.21. The highest BCUT2D eigenvalue weighted by Gasteiger charge is 2.19. The molecule has 39 heavy (non-hydrogen) atoms. The summed E-state index contributed by atoms with van der Waals surface area (Å²) in [4.78, 5) is 17.5. The number of nitriles is 1. The molecule has 1 fully saturated rings. The van der Waals surface area contributed by atoms with Crippen molar-refractivity contribution in [3.63, 3.8) is 0 Å². The summed E-state index contributed by atoms with van der Waals surface area (Å²) < 4.78 is 10.6. The van der Waals surface area contributed by atoms with E-state index in [-0.39, 0.29) is 11.2 Å². The van der Waals surface area contributed by atoms with E-state index in [0.29, 0.717) is 56.2 Å². The van der Waals surface area contributed by atoms with Crippen LogP contribution in [-0.2, 0) is 6.54 Å². The number of nitro benzene ring substituents is 1. The van der Waals surface area contributed by atoms with Gasteiger partial charge in [0.05, 0.1) is 17.2 Å². The zero-order valence-corrected chi connectivity index (χ0v) is 21.8. The number of nitro groups is 1. The number of nitrogens with one attached hydrogen (secondary N) is 3. The molecule has 0 amide bonds. The van der Waals surface area contributed by atoms with Gasteiger partial charge in [0.1, 0.15) is 5.75 Å². The minimum atomic E-state index is -0.524. The van der Waals surface area contributed by atoms with Gasteiger partial charge in [-0.1, -0.05) is 18.6 Å². The van der Waals surface area contributed by atoms with Crippen LogP contribution in [0.2, 0.25) is 0 Å². The Morgan fingerprint density at radius 1 is 1.15 bits per heavy atom. The number of guanidine groups is 1. The third-order valence-corrected chi connectivity index (χ3v) is 6.32. The van der Waals surface area contributed by atoms with Crippen molar-refractivity contribution in [3.05, 3.63) is 52.1 Å². The van der Waals surface area contributed by atoms with Crippen LogP contribution in [0.3, 0.4) is 0 Å². The van der Waals surface area contributed by atoms with Gasteiger partial charge in [0, 0.05) is 38.7 Å². The summed E-state index contributed by atoms with van der Waals surface area (Å²) in [5.41, 5.74) is 2.11. The molecule has 0 bridgehead atoms. The van der Waals surface area contributed by atoms with Crippen molar-refractivity contribution in [2.45, 2.75) is 38.6 Å². The molecule has 206 valence electrons. The Kier molecular flexibility index (Phi) is 10.2. The number of aliphatic imine (C=N–C) groups is 1. The smallest absolute Gasteiger partial charge is 0.300 e. The molecule has 3 N–H and O–H groups in total. The topological polar surface area (TPSA) is 167 Å². The number of benzene rings is 2. The average molecular weight is 536 g/mol. The van der Waals surface area contributed by atoms with Crippen LogP contribution in [0.15, 0.2) is 46.0 Å². The van der Waals surface area contributed by atoms with Crippen molar-refractivity contribution in [1.29, 1.82) is 5.26 Å². The molecular weight excluding hydrogens is 502 g/mol. The van der Waals surface area contributed by atoms with E-state index < -0.39 is 4.92 Å². The van der Waals surface area contributed by atoms with Crippen molar-refractivity contribution in [3.8, 4) is 11.9 Å². The first-order valence-electron chi connectivity index (χ1n) is 13.1. The zero-order chi connectivity index (χ0) is 27.3. The van der Waals surface area contributed by atoms with Crippen LogP contribution in [-0.4, -0.2) is 65.4 Å². The van der Waals surface area contributed by atoms with E-state index in [1.807, 2.05) is 18.3 Å². The fourth-order valence-electron chi connectivity index (χ4n) is 4.41. The molecular formula is C26H33N9O4. The predicted molar refractivity (Wildman–Crippen MR) is 146 cm³/mol. The van der Waals surface area contributed by atoms with Gasteiger partial charge in [0.25, 0.3) is 0 Å². The highest BCUT2D eigenvalue weighted by molar-refractivity contribution is 5.93. The molecule has 1 saturated heterocycles. The van der Waals surface area contributed by atoms with Gasteiger partial charge in [-0.05, 0) is 66.4 Å². The lowest BCUT2D eigenvalue weighted by atomic mass is 10.1. The number of piperidine rings is 1. The first kappa shape index (κ1) is 27.6. The van der Waals surface area contributed by atoms with E-state index in [4.69, 9.17) is 10.00 Å². The Balaban J connectivity index is 1.15.